The van der Waals surface area contributed by atoms with Gasteiger partial charge < -0.3 is 9.80 Å². The molecule has 0 aromatic heterocycles. The number of benzene rings is 2. The van der Waals surface area contributed by atoms with Crippen molar-refractivity contribution < 1.29 is 4.79 Å². The van der Waals surface area contributed by atoms with Crippen LogP contribution in [0.15, 0.2) is 42.5 Å². The van der Waals surface area contributed by atoms with Crippen LogP contribution in [0.5, 0.6) is 0 Å². The van der Waals surface area contributed by atoms with Crippen molar-refractivity contribution in [1.82, 2.24) is 9.80 Å². The smallest absolute Gasteiger partial charge is 0.227 e. The first-order valence-corrected chi connectivity index (χ1v) is 10.8. The number of fused-ring (bicyclic) bond motifs is 1. The van der Waals surface area contributed by atoms with Crippen LogP contribution in [0, 0.1) is 0 Å². The predicted octanol–water partition coefficient (Wildman–Crippen LogP) is 5.15. The normalized spacial score (nSPS) is 22.3. The molecule has 0 N–H and O–H groups in total. The maximum absolute atomic E-state index is 13.4. The summed E-state index contributed by atoms with van der Waals surface area (Å²) < 4.78 is 0. The van der Waals surface area contributed by atoms with Crippen molar-refractivity contribution in [1.29, 1.82) is 0 Å². The minimum atomic E-state index is 0.105. The molecule has 3 nitrogen and oxygen atoms in total. The van der Waals surface area contributed by atoms with Crippen molar-refractivity contribution in [2.45, 2.75) is 44.7 Å². The Morgan fingerprint density at radius 3 is 2.57 bits per heavy atom. The van der Waals surface area contributed by atoms with E-state index in [1.54, 1.807) is 12.1 Å². The molecule has 0 unspecified atom stereocenters. The van der Waals surface area contributed by atoms with Crippen LogP contribution in [-0.4, -0.2) is 41.4 Å². The first kappa shape index (κ1) is 19.8. The third-order valence-electron chi connectivity index (χ3n) is 6.00. The molecule has 0 bridgehead atoms. The van der Waals surface area contributed by atoms with E-state index in [9.17, 15) is 4.79 Å². The van der Waals surface area contributed by atoms with E-state index in [4.69, 9.17) is 23.2 Å². The van der Waals surface area contributed by atoms with Gasteiger partial charge in [0.05, 0.1) is 22.5 Å². The summed E-state index contributed by atoms with van der Waals surface area (Å²) in [6, 6.07) is 14.4. The Kier molecular flexibility index (Phi) is 5.96. The third-order valence-corrected chi connectivity index (χ3v) is 6.74. The van der Waals surface area contributed by atoms with Gasteiger partial charge >= 0.3 is 0 Å². The second kappa shape index (κ2) is 8.44. The van der Waals surface area contributed by atoms with Gasteiger partial charge in [-0.3, -0.25) is 4.79 Å². The Bertz CT molecular complexity index is 863. The number of rotatable bonds is 4. The highest BCUT2D eigenvalue weighted by atomic mass is 35.5. The molecule has 4 rings (SSSR count). The van der Waals surface area contributed by atoms with Gasteiger partial charge in [-0.2, -0.15) is 0 Å². The lowest BCUT2D eigenvalue weighted by Gasteiger charge is -2.43. The summed E-state index contributed by atoms with van der Waals surface area (Å²) in [4.78, 5) is 18.0. The van der Waals surface area contributed by atoms with Crippen LogP contribution in [0.4, 0.5) is 0 Å². The second-order valence-corrected chi connectivity index (χ2v) is 8.82. The second-order valence-electron chi connectivity index (χ2n) is 8.00. The molecule has 2 aromatic rings. The molecular weight excluding hydrogens is 391 g/mol. The Labute approximate surface area is 177 Å². The molecule has 2 aliphatic heterocycles. The van der Waals surface area contributed by atoms with E-state index >= 15 is 0 Å². The van der Waals surface area contributed by atoms with Gasteiger partial charge in [0.1, 0.15) is 0 Å². The fourth-order valence-corrected chi connectivity index (χ4v) is 4.97. The monoisotopic (exact) mass is 416 g/mol. The van der Waals surface area contributed by atoms with E-state index in [1.165, 1.54) is 24.0 Å². The van der Waals surface area contributed by atoms with Crippen molar-refractivity contribution in [2.75, 3.05) is 19.6 Å². The Morgan fingerprint density at radius 1 is 1.07 bits per heavy atom. The fraction of sp³-hybridized carbons (Fsp3) is 0.435. The topological polar surface area (TPSA) is 23.6 Å². The van der Waals surface area contributed by atoms with E-state index in [1.807, 2.05) is 6.07 Å². The first-order valence-electron chi connectivity index (χ1n) is 10.1. The average Bonchev–Trinajstić information content (AvgIpc) is 3.18. The number of likely N-dealkylation sites (tertiary alicyclic amines) is 1. The molecular formula is C23H26Cl2N2O. The third kappa shape index (κ3) is 4.07. The molecule has 148 valence electrons. The minimum Gasteiger partial charge on any atom is -0.331 e. The van der Waals surface area contributed by atoms with Crippen LogP contribution in [0.3, 0.4) is 0 Å². The van der Waals surface area contributed by atoms with E-state index in [0.717, 1.165) is 31.6 Å². The van der Waals surface area contributed by atoms with Crippen molar-refractivity contribution in [3.63, 3.8) is 0 Å². The van der Waals surface area contributed by atoms with Gasteiger partial charge in [0, 0.05) is 12.6 Å². The van der Waals surface area contributed by atoms with Crippen LogP contribution in [0.2, 0.25) is 10.0 Å². The molecule has 0 spiro atoms. The standard InChI is InChI=1S/C23H26Cl2N2O/c1-16-12-18-6-2-3-7-19(18)22(15-26-10-4-5-11-26)27(16)23(28)14-17-8-9-20(24)21(25)13-17/h2-3,6-9,13,16,22H,4-5,10-12,14-15H2,1H3/t16-,22+/m0/s1. The number of nitrogens with zero attached hydrogens (tertiary/aromatic N) is 2. The molecule has 2 aliphatic rings. The quantitative estimate of drug-likeness (QED) is 0.687. The minimum absolute atomic E-state index is 0.105. The van der Waals surface area contributed by atoms with Gasteiger partial charge in [0.2, 0.25) is 5.91 Å². The summed E-state index contributed by atoms with van der Waals surface area (Å²) in [5, 5.41) is 1.02. The van der Waals surface area contributed by atoms with E-state index in [-0.39, 0.29) is 18.0 Å². The van der Waals surface area contributed by atoms with E-state index < -0.39 is 0 Å². The molecule has 1 amide bonds. The van der Waals surface area contributed by atoms with Gasteiger partial charge in [0.15, 0.2) is 0 Å². The molecule has 2 aromatic carbocycles. The highest BCUT2D eigenvalue weighted by Crippen LogP contribution is 2.35. The highest BCUT2D eigenvalue weighted by molar-refractivity contribution is 6.42. The van der Waals surface area contributed by atoms with Crippen molar-refractivity contribution >= 4 is 29.1 Å². The Balaban J connectivity index is 1.62. The zero-order chi connectivity index (χ0) is 19.7. The number of carbonyl (C=O) groups excluding carboxylic acids is 1. The number of halogens is 2. The summed E-state index contributed by atoms with van der Waals surface area (Å²) >= 11 is 12.2. The van der Waals surface area contributed by atoms with Gasteiger partial charge in [0.25, 0.3) is 0 Å². The SMILES string of the molecule is C[C@H]1Cc2ccccc2[C@@H](CN2CCCC2)N1C(=O)Cc1ccc(Cl)c(Cl)c1. The number of hydrogen-bond donors (Lipinski definition) is 0. The maximum atomic E-state index is 13.4. The summed E-state index contributed by atoms with van der Waals surface area (Å²) in [5.74, 6) is 0.157. The van der Waals surface area contributed by atoms with E-state index in [2.05, 4.69) is 41.0 Å². The maximum Gasteiger partial charge on any atom is 0.227 e. The molecule has 0 aliphatic carbocycles. The molecule has 0 radical (unpaired) electrons. The largest absolute Gasteiger partial charge is 0.331 e. The highest BCUT2D eigenvalue weighted by Gasteiger charge is 2.36. The molecule has 1 fully saturated rings. The predicted molar refractivity (Wildman–Crippen MR) is 115 cm³/mol. The van der Waals surface area contributed by atoms with Gasteiger partial charge in [-0.25, -0.2) is 0 Å². The molecule has 2 atom stereocenters. The van der Waals surface area contributed by atoms with Crippen LogP contribution in [-0.2, 0) is 17.6 Å². The van der Waals surface area contributed by atoms with Crippen molar-refractivity contribution in [2.24, 2.45) is 0 Å². The molecule has 5 heteroatoms. The molecule has 1 saturated heterocycles. The summed E-state index contributed by atoms with van der Waals surface area (Å²) in [5.41, 5.74) is 3.58. The summed E-state index contributed by atoms with van der Waals surface area (Å²) in [6.07, 6.45) is 3.75. The molecule has 28 heavy (non-hydrogen) atoms. The van der Waals surface area contributed by atoms with Crippen LogP contribution in [0.1, 0.15) is 42.5 Å². The molecule has 2 heterocycles. The lowest BCUT2D eigenvalue weighted by molar-refractivity contribution is -0.136. The van der Waals surface area contributed by atoms with E-state index in [0.29, 0.717) is 16.5 Å². The van der Waals surface area contributed by atoms with Crippen LogP contribution < -0.4 is 0 Å². The zero-order valence-electron chi connectivity index (χ0n) is 16.2. The molecule has 0 saturated carbocycles. The number of hydrogen-bond acceptors (Lipinski definition) is 2. The van der Waals surface area contributed by atoms with Crippen LogP contribution in [0.25, 0.3) is 0 Å². The van der Waals surface area contributed by atoms with Crippen molar-refractivity contribution in [3.8, 4) is 0 Å². The fourth-order valence-electron chi connectivity index (χ4n) is 4.65. The average molecular weight is 417 g/mol. The van der Waals surface area contributed by atoms with Crippen LogP contribution >= 0.6 is 23.2 Å². The summed E-state index contributed by atoms with van der Waals surface area (Å²) in [6.45, 7) is 5.33. The number of carbonyl (C=O) groups is 1. The Morgan fingerprint density at radius 2 is 1.82 bits per heavy atom. The number of amides is 1. The van der Waals surface area contributed by atoms with Gasteiger partial charge in [-0.05, 0) is 68.1 Å². The Hall–Kier alpha value is -1.55. The van der Waals surface area contributed by atoms with Gasteiger partial charge in [-0.15, -0.1) is 0 Å². The lowest BCUT2D eigenvalue weighted by Crippen LogP contribution is -2.49. The zero-order valence-corrected chi connectivity index (χ0v) is 17.7. The summed E-state index contributed by atoms with van der Waals surface area (Å²) in [7, 11) is 0. The lowest BCUT2D eigenvalue weighted by atomic mass is 9.87. The first-order chi connectivity index (χ1) is 13.5. The van der Waals surface area contributed by atoms with Crippen molar-refractivity contribution in [3.05, 3.63) is 69.2 Å². The van der Waals surface area contributed by atoms with Gasteiger partial charge in [-0.1, -0.05) is 53.5 Å².